The van der Waals surface area contributed by atoms with E-state index in [4.69, 9.17) is 22.4 Å². The van der Waals surface area contributed by atoms with Crippen LogP contribution in [-0.4, -0.2) is 44.2 Å². The molecule has 5 aromatic rings. The number of hydrogen-bond acceptors (Lipinski definition) is 7. The summed E-state index contributed by atoms with van der Waals surface area (Å²) in [6.07, 6.45) is 2.59. The van der Waals surface area contributed by atoms with Crippen molar-refractivity contribution in [1.29, 1.82) is 0 Å². The minimum Gasteiger partial charge on any atom is -0.383 e. The van der Waals surface area contributed by atoms with Crippen LogP contribution in [0.4, 0.5) is 5.82 Å². The number of halogens is 1. The van der Waals surface area contributed by atoms with E-state index in [2.05, 4.69) is 15.1 Å². The van der Waals surface area contributed by atoms with Crippen molar-refractivity contribution in [1.82, 2.24) is 29.5 Å². The Labute approximate surface area is 194 Å². The van der Waals surface area contributed by atoms with Gasteiger partial charge in [0.05, 0.1) is 38.9 Å². The quantitative estimate of drug-likeness (QED) is 0.415. The van der Waals surface area contributed by atoms with E-state index in [1.807, 2.05) is 19.9 Å². The first-order valence-electron chi connectivity index (χ1n) is 10.1. The van der Waals surface area contributed by atoms with Crippen LogP contribution in [0.5, 0.6) is 0 Å². The lowest BCUT2D eigenvalue weighted by Gasteiger charge is -2.11. The van der Waals surface area contributed by atoms with Crippen LogP contribution in [-0.2, 0) is 9.84 Å². The average Bonchev–Trinajstić information content (AvgIpc) is 3.31. The Morgan fingerprint density at radius 2 is 1.88 bits per heavy atom. The van der Waals surface area contributed by atoms with Gasteiger partial charge in [0.15, 0.2) is 15.5 Å². The van der Waals surface area contributed by atoms with E-state index in [-0.39, 0.29) is 10.9 Å². The first-order chi connectivity index (χ1) is 15.6. The van der Waals surface area contributed by atoms with Crippen LogP contribution in [0, 0.1) is 6.92 Å². The summed E-state index contributed by atoms with van der Waals surface area (Å²) in [5, 5.41) is 11.6. The molecule has 0 amide bonds. The van der Waals surface area contributed by atoms with Crippen molar-refractivity contribution < 1.29 is 8.42 Å². The second-order valence-electron chi connectivity index (χ2n) is 7.89. The molecule has 0 spiro atoms. The third-order valence-electron chi connectivity index (χ3n) is 5.62. The summed E-state index contributed by atoms with van der Waals surface area (Å²) in [4.78, 5) is 8.68. The van der Waals surface area contributed by atoms with Crippen molar-refractivity contribution in [2.75, 3.05) is 12.0 Å². The van der Waals surface area contributed by atoms with Gasteiger partial charge in [-0.25, -0.2) is 27.7 Å². The highest BCUT2D eigenvalue weighted by molar-refractivity contribution is 7.90. The molecule has 3 aromatic heterocycles. The molecule has 11 heteroatoms. The number of hydrogen-bond donors (Lipinski definition) is 1. The minimum absolute atomic E-state index is 0.209. The molecule has 0 saturated carbocycles. The molecule has 0 bridgehead atoms. The van der Waals surface area contributed by atoms with Gasteiger partial charge in [0.1, 0.15) is 12.1 Å². The van der Waals surface area contributed by atoms with E-state index in [0.29, 0.717) is 27.6 Å². The number of anilines is 1. The lowest BCUT2D eigenvalue weighted by Crippen LogP contribution is -2.11. The number of fused-ring (bicyclic) bond motifs is 2. The SMILES string of the molecule is Cc1nn(C(C)c2nn(-c3cccc(S(C)(=O)=O)c3)c3cc(Cl)ccc23)c2ncnc(N)c12. The number of rotatable bonds is 4. The second-order valence-corrected chi connectivity index (χ2v) is 10.3. The maximum atomic E-state index is 12.1. The van der Waals surface area contributed by atoms with Crippen molar-refractivity contribution in [2.24, 2.45) is 0 Å². The van der Waals surface area contributed by atoms with Gasteiger partial charge in [0.2, 0.25) is 0 Å². The van der Waals surface area contributed by atoms with Crippen molar-refractivity contribution >= 4 is 49.2 Å². The monoisotopic (exact) mass is 481 g/mol. The van der Waals surface area contributed by atoms with E-state index in [9.17, 15) is 8.42 Å². The molecule has 0 aliphatic heterocycles. The fourth-order valence-corrected chi connectivity index (χ4v) is 4.85. The van der Waals surface area contributed by atoms with Crippen LogP contribution in [0.15, 0.2) is 53.7 Å². The Balaban J connectivity index is 1.74. The van der Waals surface area contributed by atoms with Crippen LogP contribution < -0.4 is 5.73 Å². The summed E-state index contributed by atoms with van der Waals surface area (Å²) in [6.45, 7) is 3.83. The molecule has 0 aliphatic carbocycles. The van der Waals surface area contributed by atoms with Crippen molar-refractivity contribution in [2.45, 2.75) is 24.8 Å². The van der Waals surface area contributed by atoms with Gasteiger partial charge in [0.25, 0.3) is 0 Å². The standard InChI is InChI=1S/C22H20ClN7O2S/c1-12-19-21(24)25-11-26-22(19)29(27-12)13(2)20-17-8-7-14(23)9-18(17)30(28-20)15-5-4-6-16(10-15)33(3,31)32/h4-11,13H,1-3H3,(H2,24,25,26). The zero-order valence-corrected chi connectivity index (χ0v) is 19.6. The Hall–Kier alpha value is -3.50. The number of aryl methyl sites for hydroxylation is 1. The average molecular weight is 482 g/mol. The maximum absolute atomic E-state index is 12.1. The molecule has 0 radical (unpaired) electrons. The van der Waals surface area contributed by atoms with Crippen LogP contribution in [0.1, 0.15) is 24.4 Å². The predicted molar refractivity (Wildman–Crippen MR) is 127 cm³/mol. The highest BCUT2D eigenvalue weighted by atomic mass is 35.5. The zero-order chi connectivity index (χ0) is 23.5. The van der Waals surface area contributed by atoms with Gasteiger partial charge in [-0.15, -0.1) is 0 Å². The molecule has 0 fully saturated rings. The zero-order valence-electron chi connectivity index (χ0n) is 18.1. The molecule has 5 rings (SSSR count). The maximum Gasteiger partial charge on any atom is 0.175 e. The summed E-state index contributed by atoms with van der Waals surface area (Å²) in [5.74, 6) is 0.371. The highest BCUT2D eigenvalue weighted by Gasteiger charge is 2.23. The van der Waals surface area contributed by atoms with Gasteiger partial charge >= 0.3 is 0 Å². The van der Waals surface area contributed by atoms with Gasteiger partial charge in [-0.05, 0) is 50.2 Å². The summed E-state index contributed by atoms with van der Waals surface area (Å²) in [7, 11) is -3.38. The number of nitrogens with two attached hydrogens (primary N) is 1. The number of aromatic nitrogens is 6. The number of nitrogens with zero attached hydrogens (tertiary/aromatic N) is 6. The predicted octanol–water partition coefficient (Wildman–Crippen LogP) is 3.72. The summed E-state index contributed by atoms with van der Waals surface area (Å²) < 4.78 is 27.7. The molecule has 1 atom stereocenters. The number of sulfone groups is 1. The second kappa shape index (κ2) is 7.53. The highest BCUT2D eigenvalue weighted by Crippen LogP contribution is 2.33. The lowest BCUT2D eigenvalue weighted by atomic mass is 10.1. The lowest BCUT2D eigenvalue weighted by molar-refractivity contribution is 0.558. The van der Waals surface area contributed by atoms with Gasteiger partial charge < -0.3 is 5.73 Å². The summed E-state index contributed by atoms with van der Waals surface area (Å²) in [6, 6.07) is 11.8. The molecule has 0 aliphatic rings. The Kier molecular flexibility index (Phi) is 4.87. The first kappa shape index (κ1) is 21.4. The van der Waals surface area contributed by atoms with E-state index in [1.165, 1.54) is 12.6 Å². The Morgan fingerprint density at radius 1 is 1.09 bits per heavy atom. The van der Waals surface area contributed by atoms with Gasteiger partial charge in [-0.3, -0.25) is 0 Å². The third-order valence-corrected chi connectivity index (χ3v) is 6.96. The molecule has 3 heterocycles. The fourth-order valence-electron chi connectivity index (χ4n) is 4.02. The van der Waals surface area contributed by atoms with E-state index < -0.39 is 9.84 Å². The molecule has 9 nitrogen and oxygen atoms in total. The molecule has 2 aromatic carbocycles. The summed E-state index contributed by atoms with van der Waals surface area (Å²) in [5.41, 5.74) is 9.48. The third kappa shape index (κ3) is 3.51. The molecule has 33 heavy (non-hydrogen) atoms. The van der Waals surface area contributed by atoms with Crippen molar-refractivity contribution in [3.63, 3.8) is 0 Å². The molecule has 0 saturated heterocycles. The first-order valence-corrected chi connectivity index (χ1v) is 12.4. The van der Waals surface area contributed by atoms with Crippen LogP contribution >= 0.6 is 11.6 Å². The molecular weight excluding hydrogens is 462 g/mol. The van der Waals surface area contributed by atoms with Crippen LogP contribution in [0.3, 0.4) is 0 Å². The van der Waals surface area contributed by atoms with E-state index in [0.717, 1.165) is 22.3 Å². The van der Waals surface area contributed by atoms with Gasteiger partial charge in [-0.1, -0.05) is 17.7 Å². The molecule has 2 N–H and O–H groups in total. The van der Waals surface area contributed by atoms with E-state index >= 15 is 0 Å². The molecule has 1 unspecified atom stereocenters. The number of benzene rings is 2. The van der Waals surface area contributed by atoms with Crippen LogP contribution in [0.25, 0.3) is 27.6 Å². The van der Waals surface area contributed by atoms with Gasteiger partial charge in [0, 0.05) is 16.7 Å². The number of nitrogen functional groups attached to an aromatic ring is 1. The van der Waals surface area contributed by atoms with Crippen molar-refractivity contribution in [3.05, 3.63) is 65.2 Å². The minimum atomic E-state index is -3.38. The smallest absolute Gasteiger partial charge is 0.175 e. The fraction of sp³-hybridized carbons (Fsp3) is 0.182. The van der Waals surface area contributed by atoms with E-state index in [1.54, 1.807) is 45.8 Å². The largest absolute Gasteiger partial charge is 0.383 e. The van der Waals surface area contributed by atoms with Crippen molar-refractivity contribution in [3.8, 4) is 5.69 Å². The normalized spacial score (nSPS) is 13.1. The van der Waals surface area contributed by atoms with Crippen LogP contribution in [0.2, 0.25) is 5.02 Å². The topological polar surface area (TPSA) is 122 Å². The Bertz CT molecular complexity index is 1660. The summed E-state index contributed by atoms with van der Waals surface area (Å²) >= 11 is 6.30. The molecule has 168 valence electrons. The van der Waals surface area contributed by atoms with Gasteiger partial charge in [-0.2, -0.15) is 10.2 Å². The molecular formula is C22H20ClN7O2S. The Morgan fingerprint density at radius 3 is 2.64 bits per heavy atom.